The summed E-state index contributed by atoms with van der Waals surface area (Å²) in [6.07, 6.45) is 10.1. The van der Waals surface area contributed by atoms with Gasteiger partial charge in [-0.05, 0) is 29.3 Å². The summed E-state index contributed by atoms with van der Waals surface area (Å²) in [6.45, 7) is 0.230. The van der Waals surface area contributed by atoms with E-state index in [1.165, 1.54) is 16.5 Å². The van der Waals surface area contributed by atoms with E-state index in [4.69, 9.17) is 6.42 Å². The molecule has 0 aliphatic carbocycles. The summed E-state index contributed by atoms with van der Waals surface area (Å²) in [6, 6.07) is 14.0. The van der Waals surface area contributed by atoms with Crippen molar-refractivity contribution in [3.8, 4) is 12.3 Å². The van der Waals surface area contributed by atoms with E-state index in [1.807, 2.05) is 30.5 Å². The van der Waals surface area contributed by atoms with Gasteiger partial charge in [0.25, 0.3) is 5.91 Å². The number of hydrogen-bond acceptors (Lipinski definition) is 1. The van der Waals surface area contributed by atoms with Gasteiger partial charge >= 0.3 is 0 Å². The number of nitrogens with one attached hydrogen (secondary N) is 3. The first-order valence-electron chi connectivity index (χ1n) is 8.13. The third kappa shape index (κ3) is 2.77. The zero-order valence-electron chi connectivity index (χ0n) is 13.6. The van der Waals surface area contributed by atoms with Crippen LogP contribution < -0.4 is 5.32 Å². The summed E-state index contributed by atoms with van der Waals surface area (Å²) in [5.74, 6) is 2.25. The van der Waals surface area contributed by atoms with Crippen LogP contribution >= 0.6 is 0 Å². The number of terminal acetylenes is 1. The van der Waals surface area contributed by atoms with Gasteiger partial charge in [-0.1, -0.05) is 30.2 Å². The Kier molecular flexibility index (Phi) is 3.75. The van der Waals surface area contributed by atoms with Crippen LogP contribution in [0.25, 0.3) is 21.8 Å². The number of fused-ring (bicyclic) bond motifs is 2. The number of benzene rings is 2. The van der Waals surface area contributed by atoms with E-state index < -0.39 is 0 Å². The van der Waals surface area contributed by atoms with Gasteiger partial charge < -0.3 is 15.3 Å². The van der Waals surface area contributed by atoms with Gasteiger partial charge in [-0.2, -0.15) is 0 Å². The Balaban J connectivity index is 1.65. The lowest BCUT2D eigenvalue weighted by atomic mass is 10.0. The normalized spacial score (nSPS) is 10.8. The van der Waals surface area contributed by atoms with E-state index in [2.05, 4.69) is 45.6 Å². The lowest BCUT2D eigenvalue weighted by Crippen LogP contribution is -2.23. The highest BCUT2D eigenvalue weighted by Gasteiger charge is 2.11. The molecule has 4 rings (SSSR count). The lowest BCUT2D eigenvalue weighted by Gasteiger charge is -2.03. The average molecular weight is 327 g/mol. The standard InChI is InChI=1S/C21H17N3O/c1-2-9-22-21(25)14-7-8-18-16(13-24-20(18)11-14)10-15-12-23-19-6-4-3-5-17(15)19/h1,3-8,11-13,23-24H,9-10H2,(H,22,25). The van der Waals surface area contributed by atoms with Gasteiger partial charge in [-0.3, -0.25) is 4.79 Å². The number of hydrogen-bond donors (Lipinski definition) is 3. The van der Waals surface area contributed by atoms with Gasteiger partial charge in [0.15, 0.2) is 0 Å². The number of para-hydroxylation sites is 1. The Morgan fingerprint density at radius 2 is 1.72 bits per heavy atom. The maximum absolute atomic E-state index is 12.0. The van der Waals surface area contributed by atoms with Crippen LogP contribution in [0.5, 0.6) is 0 Å². The fourth-order valence-electron chi connectivity index (χ4n) is 3.19. The van der Waals surface area contributed by atoms with Gasteiger partial charge in [0, 0.05) is 46.2 Å². The van der Waals surface area contributed by atoms with E-state index >= 15 is 0 Å². The molecule has 0 aliphatic rings. The summed E-state index contributed by atoms with van der Waals surface area (Å²) in [7, 11) is 0. The van der Waals surface area contributed by atoms with Gasteiger partial charge in [0.1, 0.15) is 0 Å². The fourth-order valence-corrected chi connectivity index (χ4v) is 3.19. The zero-order valence-corrected chi connectivity index (χ0v) is 13.6. The molecule has 0 unspecified atom stereocenters. The van der Waals surface area contributed by atoms with Crippen LogP contribution in [0.3, 0.4) is 0 Å². The van der Waals surface area contributed by atoms with E-state index in [-0.39, 0.29) is 12.5 Å². The van der Waals surface area contributed by atoms with Crippen LogP contribution in [-0.4, -0.2) is 22.4 Å². The molecule has 0 spiro atoms. The highest BCUT2D eigenvalue weighted by molar-refractivity contribution is 5.98. The largest absolute Gasteiger partial charge is 0.361 e. The average Bonchev–Trinajstić information content (AvgIpc) is 3.24. The summed E-state index contributed by atoms with van der Waals surface area (Å²) < 4.78 is 0. The topological polar surface area (TPSA) is 60.7 Å². The van der Waals surface area contributed by atoms with Crippen molar-refractivity contribution in [2.45, 2.75) is 6.42 Å². The zero-order chi connectivity index (χ0) is 17.2. The van der Waals surface area contributed by atoms with Crippen molar-refractivity contribution in [3.05, 3.63) is 71.5 Å². The highest BCUT2D eigenvalue weighted by atomic mass is 16.1. The van der Waals surface area contributed by atoms with E-state index in [9.17, 15) is 4.79 Å². The monoisotopic (exact) mass is 327 g/mol. The van der Waals surface area contributed by atoms with Crippen molar-refractivity contribution in [1.82, 2.24) is 15.3 Å². The Labute approximate surface area is 145 Å². The molecule has 4 heteroatoms. The minimum atomic E-state index is -0.160. The smallest absolute Gasteiger partial charge is 0.252 e. The number of amides is 1. The summed E-state index contributed by atoms with van der Waals surface area (Å²) >= 11 is 0. The first kappa shape index (κ1) is 15.1. The molecule has 0 fully saturated rings. The predicted octanol–water partition coefficient (Wildman–Crippen LogP) is 3.60. The van der Waals surface area contributed by atoms with Gasteiger partial charge in [-0.15, -0.1) is 6.42 Å². The Morgan fingerprint density at radius 1 is 1.00 bits per heavy atom. The Hall–Kier alpha value is -3.45. The lowest BCUT2D eigenvalue weighted by molar-refractivity contribution is 0.0959. The van der Waals surface area contributed by atoms with Crippen LogP contribution in [0.1, 0.15) is 21.5 Å². The molecule has 2 aromatic carbocycles. The molecule has 0 atom stereocenters. The quantitative estimate of drug-likeness (QED) is 0.493. The van der Waals surface area contributed by atoms with Crippen LogP contribution in [0.4, 0.5) is 0 Å². The Bertz CT molecular complexity index is 1110. The molecule has 0 saturated carbocycles. The fraction of sp³-hybridized carbons (Fsp3) is 0.0952. The van der Waals surface area contributed by atoms with Crippen LogP contribution in [0.15, 0.2) is 54.9 Å². The molecule has 2 aromatic heterocycles. The molecule has 3 N–H and O–H groups in total. The van der Waals surface area contributed by atoms with Gasteiger partial charge in [-0.25, -0.2) is 0 Å². The van der Waals surface area contributed by atoms with Crippen LogP contribution in [0.2, 0.25) is 0 Å². The minimum Gasteiger partial charge on any atom is -0.361 e. The van der Waals surface area contributed by atoms with Gasteiger partial charge in [0.2, 0.25) is 0 Å². The molecule has 0 bridgehead atoms. The Morgan fingerprint density at radius 3 is 2.52 bits per heavy atom. The van der Waals surface area contributed by atoms with Crippen molar-refractivity contribution >= 4 is 27.7 Å². The highest BCUT2D eigenvalue weighted by Crippen LogP contribution is 2.26. The summed E-state index contributed by atoms with van der Waals surface area (Å²) in [4.78, 5) is 18.6. The third-order valence-corrected chi connectivity index (χ3v) is 4.44. The number of rotatable bonds is 4. The SMILES string of the molecule is C#CCNC(=O)c1ccc2c(Cc3c[nH]c4ccccc34)c[nH]c2c1. The van der Waals surface area contributed by atoms with Crippen molar-refractivity contribution in [3.63, 3.8) is 0 Å². The minimum absolute atomic E-state index is 0.160. The maximum Gasteiger partial charge on any atom is 0.252 e. The molecule has 25 heavy (non-hydrogen) atoms. The molecular formula is C21H17N3O. The molecule has 0 radical (unpaired) electrons. The first-order chi connectivity index (χ1) is 12.3. The van der Waals surface area contributed by atoms with Crippen molar-refractivity contribution in [1.29, 1.82) is 0 Å². The first-order valence-corrected chi connectivity index (χ1v) is 8.13. The molecular weight excluding hydrogens is 310 g/mol. The molecule has 122 valence electrons. The second-order valence-electron chi connectivity index (χ2n) is 6.00. The summed E-state index contributed by atoms with van der Waals surface area (Å²) in [5.41, 5.74) is 5.15. The number of aromatic amines is 2. The van der Waals surface area contributed by atoms with Crippen molar-refractivity contribution in [2.75, 3.05) is 6.54 Å². The summed E-state index contributed by atoms with van der Waals surface area (Å²) in [5, 5.41) is 5.05. The number of carbonyl (C=O) groups is 1. The molecule has 4 nitrogen and oxygen atoms in total. The van der Waals surface area contributed by atoms with Gasteiger partial charge in [0.05, 0.1) is 6.54 Å². The van der Waals surface area contributed by atoms with E-state index in [0.717, 1.165) is 22.8 Å². The molecule has 4 aromatic rings. The number of aromatic nitrogens is 2. The third-order valence-electron chi connectivity index (χ3n) is 4.44. The van der Waals surface area contributed by atoms with Crippen LogP contribution in [-0.2, 0) is 6.42 Å². The molecule has 1 amide bonds. The molecule has 0 aliphatic heterocycles. The molecule has 0 saturated heterocycles. The van der Waals surface area contributed by atoms with E-state index in [0.29, 0.717) is 5.56 Å². The number of carbonyl (C=O) groups excluding carboxylic acids is 1. The molecule has 2 heterocycles. The van der Waals surface area contributed by atoms with Crippen LogP contribution in [0, 0.1) is 12.3 Å². The predicted molar refractivity (Wildman–Crippen MR) is 101 cm³/mol. The second kappa shape index (κ2) is 6.21. The van der Waals surface area contributed by atoms with Crippen molar-refractivity contribution < 1.29 is 4.79 Å². The second-order valence-corrected chi connectivity index (χ2v) is 6.00. The maximum atomic E-state index is 12.0. The number of H-pyrrole nitrogens is 2. The van der Waals surface area contributed by atoms with E-state index in [1.54, 1.807) is 0 Å². The van der Waals surface area contributed by atoms with Crippen molar-refractivity contribution in [2.24, 2.45) is 0 Å².